The van der Waals surface area contributed by atoms with Crippen LogP contribution in [-0.2, 0) is 0 Å². The lowest BCUT2D eigenvalue weighted by Gasteiger charge is -2.26. The van der Waals surface area contributed by atoms with E-state index in [0.29, 0.717) is 11.7 Å². The molecule has 3 aromatic rings. The standard InChI is InChI=1S/C20H20N4OS/c25-13-12-24-19(18(22-20(24)26)17-8-4-5-10-21-17)15-9-11-23(14-15)16-6-2-1-3-7-16/h1-11,14,18-19,25H,12-13H2,(H,22,26)/t18-,19-/m0/s1. The van der Waals surface area contributed by atoms with Crippen molar-refractivity contribution in [2.75, 3.05) is 13.2 Å². The highest BCUT2D eigenvalue weighted by Crippen LogP contribution is 2.38. The molecule has 5 nitrogen and oxygen atoms in total. The normalized spacial score (nSPS) is 19.6. The Morgan fingerprint density at radius 3 is 2.62 bits per heavy atom. The maximum atomic E-state index is 9.50. The minimum atomic E-state index is -0.0538. The summed E-state index contributed by atoms with van der Waals surface area (Å²) >= 11 is 5.53. The quantitative estimate of drug-likeness (QED) is 0.682. The molecule has 0 radical (unpaired) electrons. The summed E-state index contributed by atoms with van der Waals surface area (Å²) in [5, 5.41) is 13.5. The minimum absolute atomic E-state index is 0.0190. The molecule has 0 spiro atoms. The Balaban J connectivity index is 1.72. The Kier molecular flexibility index (Phi) is 4.69. The van der Waals surface area contributed by atoms with Crippen molar-refractivity contribution in [3.8, 4) is 5.69 Å². The van der Waals surface area contributed by atoms with E-state index in [1.54, 1.807) is 6.20 Å². The lowest BCUT2D eigenvalue weighted by atomic mass is 9.99. The molecule has 0 amide bonds. The molecule has 0 saturated carbocycles. The molecule has 2 aromatic heterocycles. The number of benzene rings is 1. The lowest BCUT2D eigenvalue weighted by molar-refractivity contribution is 0.223. The van der Waals surface area contributed by atoms with Crippen molar-refractivity contribution < 1.29 is 5.11 Å². The van der Waals surface area contributed by atoms with Gasteiger partial charge in [-0.1, -0.05) is 24.3 Å². The first-order valence-electron chi connectivity index (χ1n) is 8.60. The first-order valence-corrected chi connectivity index (χ1v) is 9.01. The summed E-state index contributed by atoms with van der Waals surface area (Å²) in [7, 11) is 0. The number of aromatic nitrogens is 2. The molecule has 1 saturated heterocycles. The monoisotopic (exact) mass is 364 g/mol. The maximum Gasteiger partial charge on any atom is 0.170 e. The maximum absolute atomic E-state index is 9.50. The second-order valence-electron chi connectivity index (χ2n) is 6.23. The number of aliphatic hydroxyl groups excluding tert-OH is 1. The molecule has 1 aliphatic heterocycles. The number of β-amino-alcohol motifs (C(OH)–C–C–N with tert-alkyl or cyclic N) is 1. The van der Waals surface area contributed by atoms with Crippen molar-refractivity contribution in [3.63, 3.8) is 0 Å². The van der Waals surface area contributed by atoms with Gasteiger partial charge in [0.05, 0.1) is 24.4 Å². The fraction of sp³-hybridized carbons (Fsp3) is 0.200. The molecule has 3 heterocycles. The molecular formula is C20H20N4OS. The fourth-order valence-corrected chi connectivity index (χ4v) is 3.80. The zero-order valence-electron chi connectivity index (χ0n) is 14.2. The van der Waals surface area contributed by atoms with Gasteiger partial charge in [0.15, 0.2) is 5.11 Å². The first-order chi connectivity index (χ1) is 12.8. The van der Waals surface area contributed by atoms with E-state index >= 15 is 0 Å². The summed E-state index contributed by atoms with van der Waals surface area (Å²) in [6, 6.07) is 18.1. The number of hydrogen-bond donors (Lipinski definition) is 2. The van der Waals surface area contributed by atoms with Crippen LogP contribution >= 0.6 is 12.2 Å². The topological polar surface area (TPSA) is 53.3 Å². The smallest absolute Gasteiger partial charge is 0.170 e. The molecule has 6 heteroatoms. The number of para-hydroxylation sites is 1. The average molecular weight is 364 g/mol. The number of nitrogens with zero attached hydrogens (tertiary/aromatic N) is 3. The average Bonchev–Trinajstić information content (AvgIpc) is 3.29. The number of hydrogen-bond acceptors (Lipinski definition) is 3. The molecule has 4 rings (SSSR count). The summed E-state index contributed by atoms with van der Waals surface area (Å²) in [4.78, 5) is 6.55. The zero-order chi connectivity index (χ0) is 17.9. The van der Waals surface area contributed by atoms with Gasteiger partial charge in [-0.2, -0.15) is 0 Å². The fourth-order valence-electron chi connectivity index (χ4n) is 3.47. The summed E-state index contributed by atoms with van der Waals surface area (Å²) in [6.45, 7) is 0.531. The van der Waals surface area contributed by atoms with E-state index < -0.39 is 0 Å². The van der Waals surface area contributed by atoms with Crippen molar-refractivity contribution in [2.45, 2.75) is 12.1 Å². The predicted molar refractivity (Wildman–Crippen MR) is 105 cm³/mol. The number of aliphatic hydroxyl groups is 1. The van der Waals surface area contributed by atoms with E-state index in [0.717, 1.165) is 16.9 Å². The molecule has 26 heavy (non-hydrogen) atoms. The molecule has 0 aliphatic carbocycles. The van der Waals surface area contributed by atoms with Crippen molar-refractivity contribution in [3.05, 3.63) is 84.4 Å². The molecule has 1 aliphatic rings. The Hall–Kier alpha value is -2.70. The highest BCUT2D eigenvalue weighted by Gasteiger charge is 2.39. The van der Waals surface area contributed by atoms with Gasteiger partial charge in [-0.3, -0.25) is 4.98 Å². The van der Waals surface area contributed by atoms with E-state index in [1.165, 1.54) is 0 Å². The zero-order valence-corrected chi connectivity index (χ0v) is 15.0. The van der Waals surface area contributed by atoms with Crippen LogP contribution in [0.1, 0.15) is 23.3 Å². The van der Waals surface area contributed by atoms with Gasteiger partial charge in [-0.15, -0.1) is 0 Å². The minimum Gasteiger partial charge on any atom is -0.395 e. The van der Waals surface area contributed by atoms with Crippen LogP contribution in [0.3, 0.4) is 0 Å². The van der Waals surface area contributed by atoms with Crippen LogP contribution in [0.2, 0.25) is 0 Å². The summed E-state index contributed by atoms with van der Waals surface area (Å²) in [5.74, 6) is 0. The van der Waals surface area contributed by atoms with Crippen LogP contribution in [0, 0.1) is 0 Å². The molecule has 2 N–H and O–H groups in total. The Labute approximate surface area is 157 Å². The van der Waals surface area contributed by atoms with Gasteiger partial charge in [0.1, 0.15) is 0 Å². The third-order valence-corrected chi connectivity index (χ3v) is 5.00. The van der Waals surface area contributed by atoms with Gasteiger partial charge >= 0.3 is 0 Å². The lowest BCUT2D eigenvalue weighted by Crippen LogP contribution is -2.32. The highest BCUT2D eigenvalue weighted by atomic mass is 32.1. The van der Waals surface area contributed by atoms with Crippen LogP contribution in [0.5, 0.6) is 0 Å². The number of pyridine rings is 1. The van der Waals surface area contributed by atoms with Crippen LogP contribution < -0.4 is 5.32 Å². The molecule has 0 bridgehead atoms. The molecule has 0 unspecified atom stereocenters. The third kappa shape index (κ3) is 3.09. The molecule has 2 atom stereocenters. The number of nitrogens with one attached hydrogen (secondary N) is 1. The molecule has 1 fully saturated rings. The van der Waals surface area contributed by atoms with Crippen LogP contribution in [0.25, 0.3) is 5.69 Å². The van der Waals surface area contributed by atoms with Gasteiger partial charge in [-0.25, -0.2) is 0 Å². The van der Waals surface area contributed by atoms with Gasteiger partial charge in [0.2, 0.25) is 0 Å². The summed E-state index contributed by atoms with van der Waals surface area (Å²) < 4.78 is 2.10. The van der Waals surface area contributed by atoms with Crippen LogP contribution in [0.4, 0.5) is 0 Å². The first kappa shape index (κ1) is 16.8. The van der Waals surface area contributed by atoms with Crippen molar-refractivity contribution in [1.82, 2.24) is 19.8 Å². The Bertz CT molecular complexity index is 881. The molecule has 132 valence electrons. The van der Waals surface area contributed by atoms with Crippen molar-refractivity contribution in [2.24, 2.45) is 0 Å². The number of thiocarbonyl (C=S) groups is 1. The highest BCUT2D eigenvalue weighted by molar-refractivity contribution is 7.80. The van der Waals surface area contributed by atoms with E-state index in [2.05, 4.69) is 45.5 Å². The SMILES string of the molecule is OCCN1C(=S)N[C@@H](c2ccccn2)[C@@H]1c1ccn(-c2ccccc2)c1. The predicted octanol–water partition coefficient (Wildman–Crippen LogP) is 2.84. The number of rotatable bonds is 5. The molecular weight excluding hydrogens is 344 g/mol. The van der Waals surface area contributed by atoms with Gasteiger partial charge in [0.25, 0.3) is 0 Å². The van der Waals surface area contributed by atoms with Crippen LogP contribution in [-0.4, -0.2) is 37.8 Å². The second-order valence-corrected chi connectivity index (χ2v) is 6.62. The van der Waals surface area contributed by atoms with E-state index in [1.807, 2.05) is 41.3 Å². The Morgan fingerprint density at radius 2 is 1.88 bits per heavy atom. The summed E-state index contributed by atoms with van der Waals surface area (Å²) in [6.07, 6.45) is 5.97. The Morgan fingerprint density at radius 1 is 1.08 bits per heavy atom. The second kappa shape index (κ2) is 7.27. The van der Waals surface area contributed by atoms with Crippen LogP contribution in [0.15, 0.2) is 73.2 Å². The van der Waals surface area contributed by atoms with Crippen molar-refractivity contribution in [1.29, 1.82) is 0 Å². The van der Waals surface area contributed by atoms with E-state index in [-0.39, 0.29) is 18.7 Å². The third-order valence-electron chi connectivity index (χ3n) is 4.65. The van der Waals surface area contributed by atoms with E-state index in [9.17, 15) is 5.11 Å². The summed E-state index contributed by atoms with van der Waals surface area (Å²) in [5.41, 5.74) is 3.17. The molecule has 1 aromatic carbocycles. The van der Waals surface area contributed by atoms with Gasteiger partial charge < -0.3 is 19.9 Å². The van der Waals surface area contributed by atoms with Crippen molar-refractivity contribution >= 4 is 17.3 Å². The van der Waals surface area contributed by atoms with Gasteiger partial charge in [0, 0.05) is 30.8 Å². The van der Waals surface area contributed by atoms with Gasteiger partial charge in [-0.05, 0) is 48.1 Å². The largest absolute Gasteiger partial charge is 0.395 e. The van der Waals surface area contributed by atoms with E-state index in [4.69, 9.17) is 12.2 Å².